The lowest BCUT2D eigenvalue weighted by Crippen LogP contribution is -2.43. The number of methoxy groups -OCH3 is 1. The quantitative estimate of drug-likeness (QED) is 0.609. The fourth-order valence-electron chi connectivity index (χ4n) is 0.774. The molecule has 0 saturated carbocycles. The molecular formula is C7H14O4S. The van der Waals surface area contributed by atoms with E-state index in [1.54, 1.807) is 6.92 Å². The Balaban J connectivity index is 5.09. The minimum Gasteiger partial charge on any atom is -0.468 e. The monoisotopic (exact) mass is 194 g/mol. The van der Waals surface area contributed by atoms with E-state index in [4.69, 9.17) is 0 Å². The zero-order valence-corrected chi connectivity index (χ0v) is 8.56. The van der Waals surface area contributed by atoms with Gasteiger partial charge in [-0.1, -0.05) is 6.92 Å². The molecule has 12 heavy (non-hydrogen) atoms. The van der Waals surface area contributed by atoms with Gasteiger partial charge >= 0.3 is 5.97 Å². The van der Waals surface area contributed by atoms with E-state index in [0.717, 1.165) is 6.26 Å². The minimum absolute atomic E-state index is 0.221. The van der Waals surface area contributed by atoms with E-state index in [1.165, 1.54) is 14.0 Å². The van der Waals surface area contributed by atoms with Crippen LogP contribution >= 0.6 is 0 Å². The highest BCUT2D eigenvalue weighted by Crippen LogP contribution is 2.21. The van der Waals surface area contributed by atoms with Crippen LogP contribution in [-0.2, 0) is 19.4 Å². The molecule has 0 N–H and O–H groups in total. The van der Waals surface area contributed by atoms with E-state index < -0.39 is 20.6 Å². The molecule has 0 aliphatic carbocycles. The molecule has 72 valence electrons. The van der Waals surface area contributed by atoms with Crippen molar-refractivity contribution in [2.45, 2.75) is 25.0 Å². The summed E-state index contributed by atoms with van der Waals surface area (Å²) in [7, 11) is -2.22. The van der Waals surface area contributed by atoms with Crippen LogP contribution in [-0.4, -0.2) is 32.5 Å². The summed E-state index contributed by atoms with van der Waals surface area (Å²) in [4.78, 5) is 11.1. The highest BCUT2D eigenvalue weighted by molar-refractivity contribution is 7.92. The first-order chi connectivity index (χ1) is 5.29. The van der Waals surface area contributed by atoms with E-state index in [9.17, 15) is 13.2 Å². The van der Waals surface area contributed by atoms with Gasteiger partial charge in [-0.25, -0.2) is 8.42 Å². The molecule has 0 aliphatic rings. The van der Waals surface area contributed by atoms with Crippen LogP contribution in [0.5, 0.6) is 0 Å². The summed E-state index contributed by atoms with van der Waals surface area (Å²) in [5, 5.41) is 0. The van der Waals surface area contributed by atoms with Crippen LogP contribution in [0.25, 0.3) is 0 Å². The van der Waals surface area contributed by atoms with Crippen LogP contribution in [0.1, 0.15) is 20.3 Å². The molecule has 0 spiro atoms. The van der Waals surface area contributed by atoms with Gasteiger partial charge < -0.3 is 4.74 Å². The van der Waals surface area contributed by atoms with Crippen molar-refractivity contribution < 1.29 is 17.9 Å². The highest BCUT2D eigenvalue weighted by atomic mass is 32.2. The molecule has 0 aromatic rings. The molecule has 0 radical (unpaired) electrons. The van der Waals surface area contributed by atoms with Gasteiger partial charge in [0.05, 0.1) is 7.11 Å². The van der Waals surface area contributed by atoms with Crippen molar-refractivity contribution in [3.8, 4) is 0 Å². The predicted molar refractivity (Wildman–Crippen MR) is 45.6 cm³/mol. The third kappa shape index (κ3) is 1.77. The second kappa shape index (κ2) is 3.43. The molecule has 5 heteroatoms. The Bertz CT molecular complexity index is 267. The van der Waals surface area contributed by atoms with Gasteiger partial charge in [0.15, 0.2) is 14.6 Å². The lowest BCUT2D eigenvalue weighted by atomic mass is 10.1. The molecule has 1 unspecified atom stereocenters. The van der Waals surface area contributed by atoms with Crippen LogP contribution in [0, 0.1) is 0 Å². The highest BCUT2D eigenvalue weighted by Gasteiger charge is 2.42. The van der Waals surface area contributed by atoms with E-state index in [2.05, 4.69) is 4.74 Å². The fraction of sp³-hybridized carbons (Fsp3) is 0.857. The molecule has 0 bridgehead atoms. The molecule has 1 atom stereocenters. The number of hydrogen-bond acceptors (Lipinski definition) is 4. The summed E-state index contributed by atoms with van der Waals surface area (Å²) in [6.45, 7) is 3.01. The number of carbonyl (C=O) groups is 1. The van der Waals surface area contributed by atoms with Gasteiger partial charge in [0.1, 0.15) is 0 Å². The van der Waals surface area contributed by atoms with E-state index >= 15 is 0 Å². The fourth-order valence-corrected chi connectivity index (χ4v) is 1.68. The van der Waals surface area contributed by atoms with Crippen LogP contribution in [0.15, 0.2) is 0 Å². The van der Waals surface area contributed by atoms with Gasteiger partial charge in [0.2, 0.25) is 0 Å². The van der Waals surface area contributed by atoms with Crippen molar-refractivity contribution in [1.82, 2.24) is 0 Å². The Morgan fingerprint density at radius 2 is 1.92 bits per heavy atom. The van der Waals surface area contributed by atoms with Crippen molar-refractivity contribution >= 4 is 15.8 Å². The van der Waals surface area contributed by atoms with Crippen LogP contribution in [0.3, 0.4) is 0 Å². The standard InChI is InChI=1S/C7H14O4S/c1-5-7(2,6(8)11-3)12(4,9)10/h5H2,1-4H3. The Morgan fingerprint density at radius 1 is 1.50 bits per heavy atom. The minimum atomic E-state index is -3.40. The number of ether oxygens (including phenoxy) is 1. The van der Waals surface area contributed by atoms with E-state index in [-0.39, 0.29) is 6.42 Å². The average molecular weight is 194 g/mol. The van der Waals surface area contributed by atoms with Crippen LogP contribution in [0.4, 0.5) is 0 Å². The first-order valence-electron chi connectivity index (χ1n) is 3.57. The lowest BCUT2D eigenvalue weighted by Gasteiger charge is -2.22. The molecule has 0 fully saturated rings. The molecule has 0 rings (SSSR count). The Labute approximate surface area is 72.8 Å². The molecular weight excluding hydrogens is 180 g/mol. The maximum Gasteiger partial charge on any atom is 0.326 e. The van der Waals surface area contributed by atoms with Gasteiger partial charge in [-0.05, 0) is 13.3 Å². The SMILES string of the molecule is CCC(C)(C(=O)OC)S(C)(=O)=O. The Hall–Kier alpha value is -0.580. The maximum atomic E-state index is 11.2. The summed E-state index contributed by atoms with van der Waals surface area (Å²) < 4.78 is 25.4. The summed E-state index contributed by atoms with van der Waals surface area (Å²) in [6, 6.07) is 0. The summed E-state index contributed by atoms with van der Waals surface area (Å²) in [5.74, 6) is -0.701. The average Bonchev–Trinajstić information content (AvgIpc) is 1.99. The molecule has 0 aliphatic heterocycles. The number of sulfone groups is 1. The first kappa shape index (κ1) is 11.4. The molecule has 0 heterocycles. The van der Waals surface area contributed by atoms with E-state index in [1.807, 2.05) is 0 Å². The zero-order valence-electron chi connectivity index (χ0n) is 7.75. The molecule has 4 nitrogen and oxygen atoms in total. The second-order valence-corrected chi connectivity index (χ2v) is 5.29. The third-order valence-electron chi connectivity index (χ3n) is 2.11. The topological polar surface area (TPSA) is 60.4 Å². The third-order valence-corrected chi connectivity index (χ3v) is 4.20. The van der Waals surface area contributed by atoms with Gasteiger partial charge in [-0.3, -0.25) is 4.79 Å². The van der Waals surface area contributed by atoms with Crippen molar-refractivity contribution in [3.05, 3.63) is 0 Å². The van der Waals surface area contributed by atoms with Crippen molar-refractivity contribution in [1.29, 1.82) is 0 Å². The number of hydrogen-bond donors (Lipinski definition) is 0. The normalized spacial score (nSPS) is 16.7. The number of rotatable bonds is 3. The summed E-state index contributed by atoms with van der Waals surface area (Å²) in [5.41, 5.74) is 0. The molecule has 0 aromatic carbocycles. The number of carbonyl (C=O) groups excluding carboxylic acids is 1. The van der Waals surface area contributed by atoms with Gasteiger partial charge in [-0.15, -0.1) is 0 Å². The van der Waals surface area contributed by atoms with Crippen molar-refractivity contribution in [2.75, 3.05) is 13.4 Å². The lowest BCUT2D eigenvalue weighted by molar-refractivity contribution is -0.143. The summed E-state index contributed by atoms with van der Waals surface area (Å²) >= 11 is 0. The number of esters is 1. The Morgan fingerprint density at radius 3 is 2.00 bits per heavy atom. The zero-order chi connectivity index (χ0) is 9.99. The van der Waals surface area contributed by atoms with Gasteiger partial charge in [0, 0.05) is 6.26 Å². The Kier molecular flexibility index (Phi) is 3.26. The van der Waals surface area contributed by atoms with Crippen molar-refractivity contribution in [2.24, 2.45) is 0 Å². The largest absolute Gasteiger partial charge is 0.468 e. The second-order valence-electron chi connectivity index (χ2n) is 2.85. The van der Waals surface area contributed by atoms with E-state index in [0.29, 0.717) is 0 Å². The molecule has 0 aromatic heterocycles. The first-order valence-corrected chi connectivity index (χ1v) is 5.46. The van der Waals surface area contributed by atoms with Gasteiger partial charge in [-0.2, -0.15) is 0 Å². The molecule has 0 saturated heterocycles. The smallest absolute Gasteiger partial charge is 0.326 e. The van der Waals surface area contributed by atoms with Crippen LogP contribution < -0.4 is 0 Å². The predicted octanol–water partition coefficient (Wildman–Crippen LogP) is 0.373. The maximum absolute atomic E-state index is 11.2. The summed E-state index contributed by atoms with van der Waals surface area (Å²) in [6.07, 6.45) is 1.26. The molecule has 0 amide bonds. The van der Waals surface area contributed by atoms with Gasteiger partial charge in [0.25, 0.3) is 0 Å². The van der Waals surface area contributed by atoms with Crippen LogP contribution in [0.2, 0.25) is 0 Å². The van der Waals surface area contributed by atoms with Crippen molar-refractivity contribution in [3.63, 3.8) is 0 Å².